The lowest BCUT2D eigenvalue weighted by molar-refractivity contribution is -0.122. The smallest absolute Gasteiger partial charge is 0.232 e. The molecule has 1 fully saturated rings. The second-order valence-corrected chi connectivity index (χ2v) is 3.98. The molecule has 1 atom stereocenters. The molecule has 1 aliphatic rings. The highest BCUT2D eigenvalue weighted by Crippen LogP contribution is 2.22. The van der Waals surface area contributed by atoms with Gasteiger partial charge in [0.25, 0.3) is 0 Å². The lowest BCUT2D eigenvalue weighted by Gasteiger charge is -2.20. The molecule has 4 nitrogen and oxygen atoms in total. The SMILES string of the molecule is CN(C(=O)C1CCOC1)c1cccc(O)c1. The fourth-order valence-corrected chi connectivity index (χ4v) is 1.83. The van der Waals surface area contributed by atoms with E-state index < -0.39 is 0 Å². The number of ether oxygens (including phenoxy) is 1. The van der Waals surface area contributed by atoms with Crippen LogP contribution in [-0.4, -0.2) is 31.3 Å². The van der Waals surface area contributed by atoms with E-state index in [-0.39, 0.29) is 17.6 Å². The Hall–Kier alpha value is -1.55. The number of phenols is 1. The highest BCUT2D eigenvalue weighted by atomic mass is 16.5. The molecule has 86 valence electrons. The maximum Gasteiger partial charge on any atom is 0.232 e. The minimum absolute atomic E-state index is 0.0445. The number of hydrogen-bond acceptors (Lipinski definition) is 3. The summed E-state index contributed by atoms with van der Waals surface area (Å²) in [5, 5.41) is 9.35. The van der Waals surface area contributed by atoms with Crippen LogP contribution in [-0.2, 0) is 9.53 Å². The molecule has 0 spiro atoms. The number of rotatable bonds is 2. The summed E-state index contributed by atoms with van der Waals surface area (Å²) in [5.41, 5.74) is 0.705. The zero-order valence-electron chi connectivity index (χ0n) is 9.22. The van der Waals surface area contributed by atoms with E-state index in [4.69, 9.17) is 4.74 Å². The average molecular weight is 221 g/mol. The summed E-state index contributed by atoms with van der Waals surface area (Å²) in [6.07, 6.45) is 0.780. The van der Waals surface area contributed by atoms with Gasteiger partial charge in [-0.25, -0.2) is 0 Å². The van der Waals surface area contributed by atoms with Crippen LogP contribution in [0.3, 0.4) is 0 Å². The molecule has 0 aliphatic carbocycles. The molecule has 1 N–H and O–H groups in total. The highest BCUT2D eigenvalue weighted by Gasteiger charge is 2.26. The number of carbonyl (C=O) groups is 1. The highest BCUT2D eigenvalue weighted by molar-refractivity contribution is 5.94. The van der Waals surface area contributed by atoms with Gasteiger partial charge in [0, 0.05) is 25.4 Å². The Balaban J connectivity index is 2.11. The molecule has 1 amide bonds. The number of nitrogens with zero attached hydrogens (tertiary/aromatic N) is 1. The van der Waals surface area contributed by atoms with Gasteiger partial charge >= 0.3 is 0 Å². The molecular formula is C12H15NO3. The zero-order valence-corrected chi connectivity index (χ0v) is 9.22. The molecule has 1 aliphatic heterocycles. The van der Waals surface area contributed by atoms with E-state index in [2.05, 4.69) is 0 Å². The Labute approximate surface area is 94.4 Å². The van der Waals surface area contributed by atoms with Crippen LogP contribution < -0.4 is 4.90 Å². The number of benzene rings is 1. The Morgan fingerprint density at radius 3 is 3.00 bits per heavy atom. The molecule has 1 unspecified atom stereocenters. The number of aromatic hydroxyl groups is 1. The molecular weight excluding hydrogens is 206 g/mol. The molecule has 1 aromatic rings. The maximum absolute atomic E-state index is 12.0. The monoisotopic (exact) mass is 221 g/mol. The van der Waals surface area contributed by atoms with Crippen LogP contribution >= 0.6 is 0 Å². The van der Waals surface area contributed by atoms with Gasteiger partial charge in [-0.05, 0) is 18.6 Å². The lowest BCUT2D eigenvalue weighted by atomic mass is 10.1. The Bertz CT molecular complexity index is 386. The molecule has 1 heterocycles. The third kappa shape index (κ3) is 2.17. The fraction of sp³-hybridized carbons (Fsp3) is 0.417. The maximum atomic E-state index is 12.0. The summed E-state index contributed by atoms with van der Waals surface area (Å²) in [7, 11) is 1.72. The molecule has 16 heavy (non-hydrogen) atoms. The van der Waals surface area contributed by atoms with Crippen LogP contribution in [0, 0.1) is 5.92 Å². The van der Waals surface area contributed by atoms with E-state index in [1.165, 1.54) is 0 Å². The Morgan fingerprint density at radius 1 is 1.56 bits per heavy atom. The third-order valence-corrected chi connectivity index (χ3v) is 2.83. The van der Waals surface area contributed by atoms with Crippen molar-refractivity contribution in [2.24, 2.45) is 5.92 Å². The van der Waals surface area contributed by atoms with Crippen molar-refractivity contribution >= 4 is 11.6 Å². The van der Waals surface area contributed by atoms with Gasteiger partial charge in [-0.3, -0.25) is 4.79 Å². The number of hydrogen-bond donors (Lipinski definition) is 1. The molecule has 1 aromatic carbocycles. The second-order valence-electron chi connectivity index (χ2n) is 3.98. The van der Waals surface area contributed by atoms with Crippen molar-refractivity contribution in [2.45, 2.75) is 6.42 Å². The van der Waals surface area contributed by atoms with Gasteiger partial charge in [-0.1, -0.05) is 6.07 Å². The Morgan fingerprint density at radius 2 is 2.38 bits per heavy atom. The summed E-state index contributed by atoms with van der Waals surface area (Å²) in [4.78, 5) is 13.6. The van der Waals surface area contributed by atoms with Crippen LogP contribution in [0.15, 0.2) is 24.3 Å². The molecule has 0 radical (unpaired) electrons. The van der Waals surface area contributed by atoms with Crippen molar-refractivity contribution in [3.8, 4) is 5.75 Å². The zero-order chi connectivity index (χ0) is 11.5. The van der Waals surface area contributed by atoms with Gasteiger partial charge in [0.15, 0.2) is 0 Å². The van der Waals surface area contributed by atoms with E-state index in [1.54, 1.807) is 36.2 Å². The van der Waals surface area contributed by atoms with E-state index in [9.17, 15) is 9.90 Å². The summed E-state index contributed by atoms with van der Waals surface area (Å²) < 4.78 is 5.19. The summed E-state index contributed by atoms with van der Waals surface area (Å²) in [6.45, 7) is 1.16. The van der Waals surface area contributed by atoms with Gasteiger partial charge < -0.3 is 14.7 Å². The van der Waals surface area contributed by atoms with Crippen molar-refractivity contribution in [3.05, 3.63) is 24.3 Å². The van der Waals surface area contributed by atoms with Crippen molar-refractivity contribution in [2.75, 3.05) is 25.2 Å². The van der Waals surface area contributed by atoms with E-state index >= 15 is 0 Å². The van der Waals surface area contributed by atoms with E-state index in [0.29, 0.717) is 18.9 Å². The molecule has 1 saturated heterocycles. The van der Waals surface area contributed by atoms with Crippen molar-refractivity contribution < 1.29 is 14.6 Å². The third-order valence-electron chi connectivity index (χ3n) is 2.83. The predicted octanol–water partition coefficient (Wildman–Crippen LogP) is 1.39. The van der Waals surface area contributed by atoms with Gasteiger partial charge in [-0.2, -0.15) is 0 Å². The molecule has 0 saturated carbocycles. The number of phenolic OH excluding ortho intramolecular Hbond substituents is 1. The second kappa shape index (κ2) is 4.53. The van der Waals surface area contributed by atoms with Crippen LogP contribution in [0.25, 0.3) is 0 Å². The minimum Gasteiger partial charge on any atom is -0.508 e. The lowest BCUT2D eigenvalue weighted by Crippen LogP contribution is -2.33. The van der Waals surface area contributed by atoms with Crippen molar-refractivity contribution in [3.63, 3.8) is 0 Å². The first-order chi connectivity index (χ1) is 7.68. The van der Waals surface area contributed by atoms with Gasteiger partial charge in [0.05, 0.1) is 12.5 Å². The quantitative estimate of drug-likeness (QED) is 0.821. The number of anilines is 1. The Kier molecular flexibility index (Phi) is 3.10. The number of carbonyl (C=O) groups excluding carboxylic acids is 1. The molecule has 4 heteroatoms. The average Bonchev–Trinajstić information content (AvgIpc) is 2.80. The van der Waals surface area contributed by atoms with Gasteiger partial charge in [-0.15, -0.1) is 0 Å². The topological polar surface area (TPSA) is 49.8 Å². The van der Waals surface area contributed by atoms with Crippen LogP contribution in [0.5, 0.6) is 5.75 Å². The van der Waals surface area contributed by atoms with Crippen LogP contribution in [0.1, 0.15) is 6.42 Å². The first kappa shape index (κ1) is 11.0. The normalized spacial score (nSPS) is 19.7. The molecule has 2 rings (SSSR count). The standard InChI is InChI=1S/C12H15NO3/c1-13(10-3-2-4-11(14)7-10)12(15)9-5-6-16-8-9/h2-4,7,9,14H,5-6,8H2,1H3. The van der Waals surface area contributed by atoms with Crippen molar-refractivity contribution in [1.29, 1.82) is 0 Å². The summed E-state index contributed by atoms with van der Waals surface area (Å²) >= 11 is 0. The first-order valence-corrected chi connectivity index (χ1v) is 5.33. The van der Waals surface area contributed by atoms with E-state index in [0.717, 1.165) is 6.42 Å². The van der Waals surface area contributed by atoms with Crippen LogP contribution in [0.4, 0.5) is 5.69 Å². The largest absolute Gasteiger partial charge is 0.508 e. The van der Waals surface area contributed by atoms with Gasteiger partial charge in [0.2, 0.25) is 5.91 Å². The van der Waals surface area contributed by atoms with E-state index in [1.807, 2.05) is 0 Å². The summed E-state index contributed by atoms with van der Waals surface area (Å²) in [5.74, 6) is 0.162. The van der Waals surface area contributed by atoms with Crippen molar-refractivity contribution in [1.82, 2.24) is 0 Å². The van der Waals surface area contributed by atoms with Crippen LogP contribution in [0.2, 0.25) is 0 Å². The fourth-order valence-electron chi connectivity index (χ4n) is 1.83. The van der Waals surface area contributed by atoms with Gasteiger partial charge in [0.1, 0.15) is 5.75 Å². The number of amides is 1. The molecule has 0 bridgehead atoms. The molecule has 0 aromatic heterocycles. The predicted molar refractivity (Wildman–Crippen MR) is 60.4 cm³/mol. The minimum atomic E-state index is -0.0488. The summed E-state index contributed by atoms with van der Waals surface area (Å²) in [6, 6.07) is 6.68. The first-order valence-electron chi connectivity index (χ1n) is 5.33.